The van der Waals surface area contributed by atoms with E-state index in [0.717, 1.165) is 12.5 Å². The summed E-state index contributed by atoms with van der Waals surface area (Å²) in [6.07, 6.45) is 3.88. The van der Waals surface area contributed by atoms with Crippen molar-refractivity contribution in [2.24, 2.45) is 5.92 Å². The first-order chi connectivity index (χ1) is 7.66. The van der Waals surface area contributed by atoms with Gasteiger partial charge in [-0.25, -0.2) is 0 Å². The number of benzene rings is 1. The van der Waals surface area contributed by atoms with Gasteiger partial charge in [-0.05, 0) is 43.7 Å². The number of hydrogen-bond donors (Lipinski definition) is 1. The van der Waals surface area contributed by atoms with Gasteiger partial charge in [0.2, 0.25) is 0 Å². The smallest absolute Gasteiger partial charge is 0.0207 e. The Morgan fingerprint density at radius 1 is 1.31 bits per heavy atom. The first-order valence-electron chi connectivity index (χ1n) is 6.16. The molecule has 1 nitrogen and oxygen atoms in total. The zero-order chi connectivity index (χ0) is 11.5. The zero-order valence-electron chi connectivity index (χ0n) is 10.0. The first-order valence-corrected chi connectivity index (χ1v) is 6.95. The first kappa shape index (κ1) is 12.1. The maximum atomic E-state index is 3.68. The second-order valence-corrected chi connectivity index (χ2v) is 5.86. The van der Waals surface area contributed by atoms with E-state index in [0.29, 0.717) is 12.0 Å². The zero-order valence-corrected chi connectivity index (χ0v) is 11.6. The summed E-state index contributed by atoms with van der Waals surface area (Å²) in [6.45, 7) is 4.64. The molecule has 0 heterocycles. The molecule has 1 fully saturated rings. The van der Waals surface area contributed by atoms with Crippen LogP contribution in [0.15, 0.2) is 28.7 Å². The minimum atomic E-state index is 0.611. The fourth-order valence-electron chi connectivity index (χ4n) is 1.97. The van der Waals surface area contributed by atoms with E-state index < -0.39 is 0 Å². The molecule has 2 unspecified atom stereocenters. The number of nitrogens with one attached hydrogen (secondary N) is 1. The second kappa shape index (κ2) is 5.33. The van der Waals surface area contributed by atoms with E-state index in [1.54, 1.807) is 0 Å². The Bertz CT molecular complexity index is 346. The molecule has 88 valence electrons. The topological polar surface area (TPSA) is 12.0 Å². The van der Waals surface area contributed by atoms with Gasteiger partial charge < -0.3 is 5.32 Å². The summed E-state index contributed by atoms with van der Waals surface area (Å²) < 4.78 is 1.24. The lowest BCUT2D eigenvalue weighted by Crippen LogP contribution is -2.34. The normalized spacial score (nSPS) is 19.4. The molecule has 0 radical (unpaired) electrons. The fraction of sp³-hybridized carbons (Fsp3) is 0.571. The van der Waals surface area contributed by atoms with Crippen LogP contribution in [0.2, 0.25) is 0 Å². The summed E-state index contributed by atoms with van der Waals surface area (Å²) in [5.41, 5.74) is 1.42. The Kier molecular flexibility index (Phi) is 4.04. The summed E-state index contributed by atoms with van der Waals surface area (Å²) in [5, 5.41) is 3.68. The van der Waals surface area contributed by atoms with Crippen molar-refractivity contribution in [2.45, 2.75) is 45.2 Å². The molecule has 0 bridgehead atoms. The molecule has 1 N–H and O–H groups in total. The molecule has 2 heteroatoms. The predicted molar refractivity (Wildman–Crippen MR) is 72.6 cm³/mol. The third-order valence-electron chi connectivity index (χ3n) is 3.43. The van der Waals surface area contributed by atoms with E-state index in [4.69, 9.17) is 0 Å². The molecule has 1 aromatic rings. The highest BCUT2D eigenvalue weighted by molar-refractivity contribution is 9.10. The van der Waals surface area contributed by atoms with Gasteiger partial charge in [0, 0.05) is 16.6 Å². The Morgan fingerprint density at radius 2 is 2.00 bits per heavy atom. The Hall–Kier alpha value is -0.340. The largest absolute Gasteiger partial charge is 0.311 e. The molecule has 1 saturated carbocycles. The van der Waals surface area contributed by atoms with Gasteiger partial charge in [-0.1, -0.05) is 41.1 Å². The lowest BCUT2D eigenvalue weighted by molar-refractivity contribution is 0.395. The highest BCUT2D eigenvalue weighted by atomic mass is 79.9. The van der Waals surface area contributed by atoms with Crippen LogP contribution in [0.1, 0.15) is 32.3 Å². The van der Waals surface area contributed by atoms with Crippen LogP contribution in [0, 0.1) is 5.92 Å². The van der Waals surface area contributed by atoms with Crippen molar-refractivity contribution in [3.8, 4) is 0 Å². The van der Waals surface area contributed by atoms with Crippen molar-refractivity contribution in [1.29, 1.82) is 0 Å². The highest BCUT2D eigenvalue weighted by Crippen LogP contribution is 2.24. The molecule has 0 aromatic heterocycles. The van der Waals surface area contributed by atoms with Gasteiger partial charge in [0.05, 0.1) is 0 Å². The van der Waals surface area contributed by atoms with Gasteiger partial charge in [-0.15, -0.1) is 0 Å². The predicted octanol–water partition coefficient (Wildman–Crippen LogP) is 3.77. The Morgan fingerprint density at radius 3 is 2.62 bits per heavy atom. The van der Waals surface area contributed by atoms with Crippen LogP contribution in [0.4, 0.5) is 0 Å². The summed E-state index contributed by atoms with van der Waals surface area (Å²) in [7, 11) is 0. The van der Waals surface area contributed by atoms with Crippen LogP contribution in [0.3, 0.4) is 0 Å². The summed E-state index contributed by atoms with van der Waals surface area (Å²) in [5.74, 6) is 0.680. The van der Waals surface area contributed by atoms with Gasteiger partial charge in [0.1, 0.15) is 0 Å². The standard InChI is InChI=1S/C14H20BrN/c1-10(11(2)16-13-7-8-13)9-12-5-3-4-6-14(12)15/h3-6,10-11,13,16H,7-9H2,1-2H3. The van der Waals surface area contributed by atoms with Gasteiger partial charge in [0.25, 0.3) is 0 Å². The van der Waals surface area contributed by atoms with Crippen molar-refractivity contribution in [3.05, 3.63) is 34.3 Å². The lowest BCUT2D eigenvalue weighted by atomic mass is 9.95. The molecule has 0 aliphatic heterocycles. The van der Waals surface area contributed by atoms with Crippen LogP contribution in [0.25, 0.3) is 0 Å². The molecular formula is C14H20BrN. The van der Waals surface area contributed by atoms with Crippen LogP contribution in [0.5, 0.6) is 0 Å². The molecule has 0 amide bonds. The van der Waals surface area contributed by atoms with E-state index in [1.165, 1.54) is 22.9 Å². The van der Waals surface area contributed by atoms with Crippen LogP contribution < -0.4 is 5.32 Å². The molecule has 0 spiro atoms. The monoisotopic (exact) mass is 281 g/mol. The van der Waals surface area contributed by atoms with Crippen LogP contribution >= 0.6 is 15.9 Å². The summed E-state index contributed by atoms with van der Waals surface area (Å²) in [6, 6.07) is 9.94. The quantitative estimate of drug-likeness (QED) is 0.867. The molecular weight excluding hydrogens is 262 g/mol. The van der Waals surface area contributed by atoms with Crippen LogP contribution in [-0.2, 0) is 6.42 Å². The van der Waals surface area contributed by atoms with E-state index in [1.807, 2.05) is 0 Å². The molecule has 16 heavy (non-hydrogen) atoms. The minimum Gasteiger partial charge on any atom is -0.311 e. The molecule has 2 rings (SSSR count). The minimum absolute atomic E-state index is 0.611. The summed E-state index contributed by atoms with van der Waals surface area (Å²) in [4.78, 5) is 0. The molecule has 1 aliphatic carbocycles. The van der Waals surface area contributed by atoms with Crippen LogP contribution in [-0.4, -0.2) is 12.1 Å². The van der Waals surface area contributed by atoms with Gasteiger partial charge in [-0.2, -0.15) is 0 Å². The molecule has 0 saturated heterocycles. The van der Waals surface area contributed by atoms with Crippen molar-refractivity contribution in [2.75, 3.05) is 0 Å². The average molecular weight is 282 g/mol. The Balaban J connectivity index is 1.90. The van der Waals surface area contributed by atoms with E-state index in [2.05, 4.69) is 59.4 Å². The highest BCUT2D eigenvalue weighted by Gasteiger charge is 2.25. The molecule has 1 aromatic carbocycles. The van der Waals surface area contributed by atoms with Gasteiger partial charge >= 0.3 is 0 Å². The number of rotatable bonds is 5. The lowest BCUT2D eigenvalue weighted by Gasteiger charge is -2.21. The van der Waals surface area contributed by atoms with Crippen molar-refractivity contribution in [1.82, 2.24) is 5.32 Å². The average Bonchev–Trinajstić information content (AvgIpc) is 3.05. The van der Waals surface area contributed by atoms with Crippen molar-refractivity contribution < 1.29 is 0 Å². The van der Waals surface area contributed by atoms with E-state index in [9.17, 15) is 0 Å². The maximum absolute atomic E-state index is 3.68. The second-order valence-electron chi connectivity index (χ2n) is 5.00. The van der Waals surface area contributed by atoms with Crippen molar-refractivity contribution >= 4 is 15.9 Å². The van der Waals surface area contributed by atoms with Gasteiger partial charge in [0.15, 0.2) is 0 Å². The summed E-state index contributed by atoms with van der Waals surface area (Å²) >= 11 is 3.62. The SMILES string of the molecule is CC(Cc1ccccc1Br)C(C)NC1CC1. The third kappa shape index (κ3) is 3.33. The van der Waals surface area contributed by atoms with Gasteiger partial charge in [-0.3, -0.25) is 0 Å². The van der Waals surface area contributed by atoms with E-state index >= 15 is 0 Å². The molecule has 1 aliphatic rings. The number of hydrogen-bond acceptors (Lipinski definition) is 1. The molecule has 2 atom stereocenters. The maximum Gasteiger partial charge on any atom is 0.0207 e. The van der Waals surface area contributed by atoms with Crippen molar-refractivity contribution in [3.63, 3.8) is 0 Å². The fourth-order valence-corrected chi connectivity index (χ4v) is 2.42. The third-order valence-corrected chi connectivity index (χ3v) is 4.20. The van der Waals surface area contributed by atoms with E-state index in [-0.39, 0.29) is 0 Å². The Labute approximate surface area is 107 Å². The number of halogens is 1.